The topological polar surface area (TPSA) is 41.1 Å². The Morgan fingerprint density at radius 3 is 2.67 bits per heavy atom. The molecule has 0 saturated heterocycles. The fourth-order valence-electron chi connectivity index (χ4n) is 2.47. The molecular weight excluding hydrogens is 224 g/mol. The first-order valence-corrected chi connectivity index (χ1v) is 6.84. The minimum Gasteiger partial charge on any atom is -0.335 e. The monoisotopic (exact) mass is 246 g/mol. The van der Waals surface area contributed by atoms with Gasteiger partial charge in [0, 0.05) is 12.6 Å². The van der Waals surface area contributed by atoms with E-state index in [4.69, 9.17) is 0 Å². The van der Waals surface area contributed by atoms with Gasteiger partial charge in [-0.3, -0.25) is 0 Å². The zero-order valence-corrected chi connectivity index (χ0v) is 11.0. The second-order valence-electron chi connectivity index (χ2n) is 5.09. The highest BCUT2D eigenvalue weighted by Crippen LogP contribution is 2.17. The number of hydrogen-bond acceptors (Lipinski definition) is 1. The SMILES string of the molecule is Cc1ccccc1CNC(=O)NC1CCCCC1. The number of rotatable bonds is 3. The zero-order valence-electron chi connectivity index (χ0n) is 11.0. The zero-order chi connectivity index (χ0) is 12.8. The minimum atomic E-state index is -0.0369. The Labute approximate surface area is 109 Å². The van der Waals surface area contributed by atoms with Crippen LogP contribution >= 0.6 is 0 Å². The molecule has 1 aromatic carbocycles. The Kier molecular flexibility index (Phi) is 4.62. The third-order valence-corrected chi connectivity index (χ3v) is 3.64. The number of benzene rings is 1. The van der Waals surface area contributed by atoms with E-state index in [0.717, 1.165) is 12.8 Å². The summed E-state index contributed by atoms with van der Waals surface area (Å²) in [5.74, 6) is 0. The molecule has 1 aliphatic carbocycles. The molecule has 0 atom stereocenters. The summed E-state index contributed by atoms with van der Waals surface area (Å²) in [4.78, 5) is 11.8. The van der Waals surface area contributed by atoms with Gasteiger partial charge in [0.05, 0.1) is 0 Å². The van der Waals surface area contributed by atoms with Gasteiger partial charge in [-0.05, 0) is 30.9 Å². The van der Waals surface area contributed by atoms with Crippen molar-refractivity contribution in [1.82, 2.24) is 10.6 Å². The lowest BCUT2D eigenvalue weighted by Gasteiger charge is -2.23. The summed E-state index contributed by atoms with van der Waals surface area (Å²) in [6, 6.07) is 8.47. The van der Waals surface area contributed by atoms with E-state index in [1.807, 2.05) is 12.1 Å². The summed E-state index contributed by atoms with van der Waals surface area (Å²) in [7, 11) is 0. The summed E-state index contributed by atoms with van der Waals surface area (Å²) in [5, 5.41) is 6.00. The first-order valence-electron chi connectivity index (χ1n) is 6.84. The molecule has 1 aromatic rings. The predicted octanol–water partition coefficient (Wildman–Crippen LogP) is 3.13. The molecule has 0 heterocycles. The van der Waals surface area contributed by atoms with Crippen LogP contribution in [-0.4, -0.2) is 12.1 Å². The van der Waals surface area contributed by atoms with Gasteiger partial charge in [0.15, 0.2) is 0 Å². The Morgan fingerprint density at radius 2 is 1.94 bits per heavy atom. The molecular formula is C15H22N2O. The third-order valence-electron chi connectivity index (χ3n) is 3.64. The Bertz CT molecular complexity index is 397. The summed E-state index contributed by atoms with van der Waals surface area (Å²) in [6.45, 7) is 2.67. The van der Waals surface area contributed by atoms with Crippen molar-refractivity contribution in [3.05, 3.63) is 35.4 Å². The molecule has 0 aromatic heterocycles. The highest BCUT2D eigenvalue weighted by Gasteiger charge is 2.15. The first-order chi connectivity index (χ1) is 8.75. The molecule has 0 spiro atoms. The summed E-state index contributed by atoms with van der Waals surface area (Å²) >= 11 is 0. The fourth-order valence-corrected chi connectivity index (χ4v) is 2.47. The van der Waals surface area contributed by atoms with Crippen LogP contribution < -0.4 is 10.6 Å². The van der Waals surface area contributed by atoms with Gasteiger partial charge in [-0.15, -0.1) is 0 Å². The lowest BCUT2D eigenvalue weighted by Crippen LogP contribution is -2.42. The average Bonchev–Trinajstić information content (AvgIpc) is 2.39. The van der Waals surface area contributed by atoms with Crippen LogP contribution in [-0.2, 0) is 6.54 Å². The fraction of sp³-hybridized carbons (Fsp3) is 0.533. The van der Waals surface area contributed by atoms with Gasteiger partial charge in [0.2, 0.25) is 0 Å². The highest BCUT2D eigenvalue weighted by atomic mass is 16.2. The molecule has 1 saturated carbocycles. The molecule has 0 radical (unpaired) electrons. The molecule has 98 valence electrons. The molecule has 2 N–H and O–H groups in total. The van der Waals surface area contributed by atoms with Crippen molar-refractivity contribution in [3.8, 4) is 0 Å². The highest BCUT2D eigenvalue weighted by molar-refractivity contribution is 5.74. The van der Waals surface area contributed by atoms with Gasteiger partial charge in [-0.25, -0.2) is 4.79 Å². The molecule has 0 unspecified atom stereocenters. The van der Waals surface area contributed by atoms with Gasteiger partial charge in [0.1, 0.15) is 0 Å². The second-order valence-corrected chi connectivity index (χ2v) is 5.09. The number of hydrogen-bond donors (Lipinski definition) is 2. The van der Waals surface area contributed by atoms with Gasteiger partial charge in [0.25, 0.3) is 0 Å². The minimum absolute atomic E-state index is 0.0369. The largest absolute Gasteiger partial charge is 0.335 e. The van der Waals surface area contributed by atoms with Gasteiger partial charge in [-0.1, -0.05) is 43.5 Å². The van der Waals surface area contributed by atoms with Gasteiger partial charge in [-0.2, -0.15) is 0 Å². The first kappa shape index (κ1) is 12.9. The van der Waals surface area contributed by atoms with Crippen molar-refractivity contribution < 1.29 is 4.79 Å². The van der Waals surface area contributed by atoms with Crippen LogP contribution in [0, 0.1) is 6.92 Å². The normalized spacial score (nSPS) is 16.3. The second kappa shape index (κ2) is 6.43. The molecule has 1 aliphatic rings. The Balaban J connectivity index is 1.76. The van der Waals surface area contributed by atoms with Gasteiger partial charge < -0.3 is 10.6 Å². The van der Waals surface area contributed by atoms with Crippen LogP contribution in [0.4, 0.5) is 4.79 Å². The summed E-state index contributed by atoms with van der Waals surface area (Å²) in [5.41, 5.74) is 2.40. The van der Waals surface area contributed by atoms with Crippen molar-refractivity contribution in [2.24, 2.45) is 0 Å². The molecule has 3 nitrogen and oxygen atoms in total. The van der Waals surface area contributed by atoms with Crippen molar-refractivity contribution in [2.75, 3.05) is 0 Å². The number of carbonyl (C=O) groups is 1. The van der Waals surface area contributed by atoms with E-state index < -0.39 is 0 Å². The van der Waals surface area contributed by atoms with E-state index in [-0.39, 0.29) is 6.03 Å². The smallest absolute Gasteiger partial charge is 0.315 e. The lowest BCUT2D eigenvalue weighted by molar-refractivity contribution is 0.232. The van der Waals surface area contributed by atoms with E-state index >= 15 is 0 Å². The van der Waals surface area contributed by atoms with Crippen LogP contribution in [0.5, 0.6) is 0 Å². The summed E-state index contributed by atoms with van der Waals surface area (Å²) in [6.07, 6.45) is 6.03. The Morgan fingerprint density at radius 1 is 1.22 bits per heavy atom. The van der Waals surface area contributed by atoms with Crippen LogP contribution in [0.3, 0.4) is 0 Å². The van der Waals surface area contributed by atoms with Gasteiger partial charge >= 0.3 is 6.03 Å². The van der Waals surface area contributed by atoms with E-state index in [2.05, 4.69) is 29.7 Å². The molecule has 18 heavy (non-hydrogen) atoms. The number of aryl methyl sites for hydroxylation is 1. The lowest BCUT2D eigenvalue weighted by atomic mass is 9.96. The van der Waals surface area contributed by atoms with Crippen molar-refractivity contribution >= 4 is 6.03 Å². The number of carbonyl (C=O) groups excluding carboxylic acids is 1. The molecule has 0 aliphatic heterocycles. The van der Waals surface area contributed by atoms with Crippen molar-refractivity contribution in [3.63, 3.8) is 0 Å². The number of urea groups is 1. The molecule has 2 rings (SSSR count). The van der Waals surface area contributed by atoms with Crippen LogP contribution in [0.15, 0.2) is 24.3 Å². The molecule has 2 amide bonds. The maximum atomic E-state index is 11.8. The quantitative estimate of drug-likeness (QED) is 0.845. The standard InChI is InChI=1S/C15H22N2O/c1-12-7-5-6-8-13(12)11-16-15(18)17-14-9-3-2-4-10-14/h5-8,14H,2-4,9-11H2,1H3,(H2,16,17,18). The van der Waals surface area contributed by atoms with Crippen LogP contribution in [0.2, 0.25) is 0 Å². The van der Waals surface area contributed by atoms with E-state index in [0.29, 0.717) is 12.6 Å². The average molecular weight is 246 g/mol. The van der Waals surface area contributed by atoms with E-state index in [1.54, 1.807) is 0 Å². The predicted molar refractivity (Wildman–Crippen MR) is 73.4 cm³/mol. The maximum Gasteiger partial charge on any atom is 0.315 e. The molecule has 3 heteroatoms. The van der Waals surface area contributed by atoms with E-state index in [9.17, 15) is 4.79 Å². The molecule has 1 fully saturated rings. The van der Waals surface area contributed by atoms with Crippen LogP contribution in [0.1, 0.15) is 43.2 Å². The van der Waals surface area contributed by atoms with Crippen molar-refractivity contribution in [1.29, 1.82) is 0 Å². The maximum absolute atomic E-state index is 11.8. The number of amides is 2. The van der Waals surface area contributed by atoms with Crippen molar-refractivity contribution in [2.45, 2.75) is 51.6 Å². The van der Waals surface area contributed by atoms with Crippen LogP contribution in [0.25, 0.3) is 0 Å². The third kappa shape index (κ3) is 3.76. The Hall–Kier alpha value is -1.51. The summed E-state index contributed by atoms with van der Waals surface area (Å²) < 4.78 is 0. The molecule has 0 bridgehead atoms. The number of nitrogens with one attached hydrogen (secondary N) is 2. The van der Waals surface area contributed by atoms with E-state index in [1.165, 1.54) is 30.4 Å².